The molecule has 7 nitrogen and oxygen atoms in total. The summed E-state index contributed by atoms with van der Waals surface area (Å²) in [5.74, 6) is -0.506. The lowest BCUT2D eigenvalue weighted by molar-refractivity contribution is -0.127. The molecule has 148 valence electrons. The molecule has 0 unspecified atom stereocenters. The third-order valence-electron chi connectivity index (χ3n) is 4.83. The molecular formula is C20H22FN3O4. The fourth-order valence-corrected chi connectivity index (χ4v) is 3.26. The third-order valence-corrected chi connectivity index (χ3v) is 4.83. The Morgan fingerprint density at radius 2 is 1.71 bits per heavy atom. The molecule has 28 heavy (non-hydrogen) atoms. The van der Waals surface area contributed by atoms with Gasteiger partial charge in [-0.25, -0.2) is 4.39 Å². The van der Waals surface area contributed by atoms with Crippen LogP contribution in [0, 0.1) is 25.6 Å². The Kier molecular flexibility index (Phi) is 5.77. The van der Waals surface area contributed by atoms with E-state index in [1.807, 2.05) is 0 Å². The molecule has 0 bridgehead atoms. The maximum atomic E-state index is 13.0. The molecule has 2 heterocycles. The van der Waals surface area contributed by atoms with E-state index < -0.39 is 11.7 Å². The largest absolute Gasteiger partial charge is 0.466 e. The Morgan fingerprint density at radius 3 is 2.29 bits per heavy atom. The van der Waals surface area contributed by atoms with Gasteiger partial charge in [-0.1, -0.05) is 0 Å². The van der Waals surface area contributed by atoms with E-state index in [1.165, 1.54) is 24.3 Å². The SMILES string of the molecule is Cc1cc(C(=O)NNC(=O)C2CCN(C(=O)c3ccc(F)cc3)CC2)c(C)o1. The predicted molar refractivity (Wildman–Crippen MR) is 98.8 cm³/mol. The lowest BCUT2D eigenvalue weighted by Gasteiger charge is -2.31. The standard InChI is InChI=1S/C20H22FN3O4/c1-12-11-17(13(2)28-12)19(26)23-22-18(25)14-7-9-24(10-8-14)20(27)15-3-5-16(21)6-4-15/h3-6,11,14H,7-10H2,1-2H3,(H,22,25)(H,23,26). The number of piperidine rings is 1. The number of hydrogen-bond acceptors (Lipinski definition) is 4. The minimum absolute atomic E-state index is 0.182. The van der Waals surface area contributed by atoms with Gasteiger partial charge in [-0.3, -0.25) is 25.2 Å². The van der Waals surface area contributed by atoms with Crippen molar-refractivity contribution in [1.29, 1.82) is 0 Å². The highest BCUT2D eigenvalue weighted by Gasteiger charge is 2.28. The van der Waals surface area contributed by atoms with E-state index in [-0.39, 0.29) is 17.7 Å². The van der Waals surface area contributed by atoms with Gasteiger partial charge in [0.1, 0.15) is 17.3 Å². The molecule has 1 aliphatic rings. The molecule has 3 amide bonds. The van der Waals surface area contributed by atoms with E-state index in [9.17, 15) is 18.8 Å². The van der Waals surface area contributed by atoms with Crippen LogP contribution >= 0.6 is 0 Å². The first-order valence-corrected chi connectivity index (χ1v) is 9.07. The van der Waals surface area contributed by atoms with Crippen LogP contribution in [-0.4, -0.2) is 35.7 Å². The van der Waals surface area contributed by atoms with Crippen LogP contribution in [0.15, 0.2) is 34.7 Å². The van der Waals surface area contributed by atoms with Crippen LogP contribution in [0.25, 0.3) is 0 Å². The van der Waals surface area contributed by atoms with Crippen LogP contribution in [0.1, 0.15) is 45.1 Å². The first-order valence-electron chi connectivity index (χ1n) is 9.07. The summed E-state index contributed by atoms with van der Waals surface area (Å²) in [5, 5.41) is 0. The van der Waals surface area contributed by atoms with Gasteiger partial charge in [0.15, 0.2) is 0 Å². The average Bonchev–Trinajstić information content (AvgIpc) is 3.04. The van der Waals surface area contributed by atoms with Crippen LogP contribution in [-0.2, 0) is 4.79 Å². The Bertz CT molecular complexity index is 883. The maximum absolute atomic E-state index is 13.0. The smallest absolute Gasteiger partial charge is 0.273 e. The number of carbonyl (C=O) groups excluding carboxylic acids is 3. The molecule has 0 spiro atoms. The Labute approximate surface area is 161 Å². The molecule has 2 N–H and O–H groups in total. The second-order valence-corrected chi connectivity index (χ2v) is 6.84. The molecule has 3 rings (SSSR count). The van der Waals surface area contributed by atoms with Gasteiger partial charge >= 0.3 is 0 Å². The van der Waals surface area contributed by atoms with Crippen LogP contribution in [0.4, 0.5) is 4.39 Å². The van der Waals surface area contributed by atoms with Gasteiger partial charge in [-0.2, -0.15) is 0 Å². The molecule has 0 saturated carbocycles. The Morgan fingerprint density at radius 1 is 1.07 bits per heavy atom. The fraction of sp³-hybridized carbons (Fsp3) is 0.350. The van der Waals surface area contributed by atoms with Crippen molar-refractivity contribution in [3.05, 3.63) is 58.8 Å². The number of hydrogen-bond donors (Lipinski definition) is 2. The van der Waals surface area contributed by atoms with Gasteiger partial charge in [0.05, 0.1) is 5.56 Å². The monoisotopic (exact) mass is 387 g/mol. The second kappa shape index (κ2) is 8.24. The highest BCUT2D eigenvalue weighted by molar-refractivity contribution is 5.96. The molecular weight excluding hydrogens is 365 g/mol. The predicted octanol–water partition coefficient (Wildman–Crippen LogP) is 2.35. The number of furan rings is 1. The van der Waals surface area contributed by atoms with Crippen molar-refractivity contribution in [3.8, 4) is 0 Å². The summed E-state index contributed by atoms with van der Waals surface area (Å²) >= 11 is 0. The molecule has 2 aromatic rings. The van der Waals surface area contributed by atoms with Gasteiger partial charge in [-0.15, -0.1) is 0 Å². The van der Waals surface area contributed by atoms with E-state index in [4.69, 9.17) is 4.42 Å². The maximum Gasteiger partial charge on any atom is 0.273 e. The summed E-state index contributed by atoms with van der Waals surface area (Å²) in [6.07, 6.45) is 0.969. The van der Waals surface area contributed by atoms with E-state index in [2.05, 4.69) is 10.9 Å². The quantitative estimate of drug-likeness (QED) is 0.791. The van der Waals surface area contributed by atoms with Crippen LogP contribution < -0.4 is 10.9 Å². The van der Waals surface area contributed by atoms with Crippen molar-refractivity contribution in [1.82, 2.24) is 15.8 Å². The number of aryl methyl sites for hydroxylation is 2. The third kappa shape index (κ3) is 4.39. The van der Waals surface area contributed by atoms with Crippen LogP contribution in [0.3, 0.4) is 0 Å². The molecule has 1 aromatic carbocycles. The molecule has 1 aromatic heterocycles. The Balaban J connectivity index is 1.48. The minimum Gasteiger partial charge on any atom is -0.466 e. The lowest BCUT2D eigenvalue weighted by atomic mass is 9.95. The van der Waals surface area contributed by atoms with Gasteiger partial charge in [-0.05, 0) is 57.0 Å². The molecule has 1 aliphatic heterocycles. The summed E-state index contributed by atoms with van der Waals surface area (Å²) in [5.41, 5.74) is 5.64. The van der Waals surface area contributed by atoms with Crippen molar-refractivity contribution in [2.24, 2.45) is 5.92 Å². The fourth-order valence-electron chi connectivity index (χ4n) is 3.26. The summed E-state index contributed by atoms with van der Waals surface area (Å²) in [6, 6.07) is 7.01. The summed E-state index contributed by atoms with van der Waals surface area (Å²) in [7, 11) is 0. The number of likely N-dealkylation sites (tertiary alicyclic amines) is 1. The van der Waals surface area contributed by atoms with E-state index in [1.54, 1.807) is 24.8 Å². The molecule has 0 aliphatic carbocycles. The zero-order chi connectivity index (χ0) is 20.3. The number of benzene rings is 1. The van der Waals surface area contributed by atoms with Gasteiger partial charge in [0.25, 0.3) is 11.8 Å². The van der Waals surface area contributed by atoms with Crippen molar-refractivity contribution < 1.29 is 23.2 Å². The van der Waals surface area contributed by atoms with Crippen molar-refractivity contribution in [2.45, 2.75) is 26.7 Å². The Hall–Kier alpha value is -3.16. The number of hydrazine groups is 1. The van der Waals surface area contributed by atoms with Gasteiger partial charge in [0, 0.05) is 24.6 Å². The number of nitrogens with one attached hydrogen (secondary N) is 2. The van der Waals surface area contributed by atoms with E-state index in [0.717, 1.165) is 0 Å². The number of nitrogens with zero attached hydrogens (tertiary/aromatic N) is 1. The van der Waals surface area contributed by atoms with Gasteiger partial charge in [0.2, 0.25) is 5.91 Å². The summed E-state index contributed by atoms with van der Waals surface area (Å²) in [4.78, 5) is 38.5. The molecule has 0 atom stereocenters. The molecule has 8 heteroatoms. The lowest BCUT2D eigenvalue weighted by Crippen LogP contribution is -2.48. The molecule has 1 fully saturated rings. The average molecular weight is 387 g/mol. The number of halogens is 1. The van der Waals surface area contributed by atoms with E-state index in [0.29, 0.717) is 48.6 Å². The highest BCUT2D eigenvalue weighted by Crippen LogP contribution is 2.19. The summed E-state index contributed by atoms with van der Waals surface area (Å²) in [6.45, 7) is 4.26. The first kappa shape index (κ1) is 19.6. The van der Waals surface area contributed by atoms with Gasteiger partial charge < -0.3 is 9.32 Å². The summed E-state index contributed by atoms with van der Waals surface area (Å²) < 4.78 is 18.3. The molecule has 0 radical (unpaired) electrons. The number of carbonyl (C=O) groups is 3. The first-order chi connectivity index (χ1) is 13.3. The van der Waals surface area contributed by atoms with Crippen LogP contribution in [0.2, 0.25) is 0 Å². The van der Waals surface area contributed by atoms with Crippen molar-refractivity contribution in [2.75, 3.05) is 13.1 Å². The van der Waals surface area contributed by atoms with E-state index >= 15 is 0 Å². The minimum atomic E-state index is -0.438. The highest BCUT2D eigenvalue weighted by atomic mass is 19.1. The van der Waals surface area contributed by atoms with Crippen molar-refractivity contribution in [3.63, 3.8) is 0 Å². The number of rotatable bonds is 3. The number of amides is 3. The normalized spacial score (nSPS) is 14.6. The zero-order valence-electron chi connectivity index (χ0n) is 15.8. The second-order valence-electron chi connectivity index (χ2n) is 6.84. The zero-order valence-corrected chi connectivity index (χ0v) is 15.8. The molecule has 1 saturated heterocycles. The topological polar surface area (TPSA) is 91.7 Å². The van der Waals surface area contributed by atoms with Crippen LogP contribution in [0.5, 0.6) is 0 Å². The van der Waals surface area contributed by atoms with Crippen molar-refractivity contribution >= 4 is 17.7 Å².